The van der Waals surface area contributed by atoms with Gasteiger partial charge in [-0.2, -0.15) is 0 Å². The Bertz CT molecular complexity index is 226. The van der Waals surface area contributed by atoms with E-state index in [0.29, 0.717) is 5.92 Å². The summed E-state index contributed by atoms with van der Waals surface area (Å²) < 4.78 is 0. The van der Waals surface area contributed by atoms with Gasteiger partial charge < -0.3 is 16.2 Å². The minimum absolute atomic E-state index is 0.103. The first kappa shape index (κ1) is 11.0. The van der Waals surface area contributed by atoms with Crippen molar-refractivity contribution in [3.63, 3.8) is 0 Å². The zero-order valence-electron chi connectivity index (χ0n) is 8.03. The average molecular weight is 200 g/mol. The van der Waals surface area contributed by atoms with Crippen molar-refractivity contribution in [1.29, 1.82) is 0 Å². The van der Waals surface area contributed by atoms with E-state index < -0.39 is 12.0 Å². The van der Waals surface area contributed by atoms with E-state index in [1.54, 1.807) is 0 Å². The van der Waals surface area contributed by atoms with Crippen LogP contribution in [-0.2, 0) is 9.59 Å². The summed E-state index contributed by atoms with van der Waals surface area (Å²) in [5, 5.41) is 11.2. The van der Waals surface area contributed by atoms with Crippen molar-refractivity contribution < 1.29 is 14.7 Å². The lowest BCUT2D eigenvalue weighted by molar-refractivity contribution is -0.138. The van der Waals surface area contributed by atoms with Crippen LogP contribution in [0.2, 0.25) is 0 Å². The van der Waals surface area contributed by atoms with Gasteiger partial charge in [-0.05, 0) is 25.2 Å². The topological polar surface area (TPSA) is 92.4 Å². The second-order valence-corrected chi connectivity index (χ2v) is 3.73. The van der Waals surface area contributed by atoms with Gasteiger partial charge in [-0.1, -0.05) is 0 Å². The van der Waals surface area contributed by atoms with Gasteiger partial charge in [-0.15, -0.1) is 0 Å². The number of hydrogen-bond donors (Lipinski definition) is 3. The average Bonchev–Trinajstić information content (AvgIpc) is 2.94. The molecular formula is C9H16N2O3. The van der Waals surface area contributed by atoms with Crippen molar-refractivity contribution in [2.75, 3.05) is 6.54 Å². The van der Waals surface area contributed by atoms with Crippen LogP contribution in [0.3, 0.4) is 0 Å². The van der Waals surface area contributed by atoms with Crippen LogP contribution in [0.4, 0.5) is 0 Å². The zero-order chi connectivity index (χ0) is 10.6. The Balaban J connectivity index is 2.04. The number of carbonyl (C=O) groups excluding carboxylic acids is 1. The van der Waals surface area contributed by atoms with Gasteiger partial charge in [0.1, 0.15) is 6.04 Å². The Morgan fingerprint density at radius 1 is 1.50 bits per heavy atom. The van der Waals surface area contributed by atoms with Crippen molar-refractivity contribution >= 4 is 11.9 Å². The maximum atomic E-state index is 11.1. The Labute approximate surface area is 82.7 Å². The molecule has 1 saturated carbocycles. The number of hydrogen-bond acceptors (Lipinski definition) is 3. The molecule has 0 unspecified atom stereocenters. The molecule has 80 valence electrons. The third-order valence-corrected chi connectivity index (χ3v) is 2.28. The van der Waals surface area contributed by atoms with Crippen molar-refractivity contribution in [2.45, 2.75) is 31.7 Å². The number of carboxylic acid groups (broad SMARTS) is 1. The highest BCUT2D eigenvalue weighted by molar-refractivity contribution is 5.78. The van der Waals surface area contributed by atoms with E-state index in [0.717, 1.165) is 6.54 Å². The molecule has 0 aromatic carbocycles. The number of nitrogens with one attached hydrogen (secondary N) is 1. The molecule has 0 saturated heterocycles. The second kappa shape index (κ2) is 4.95. The molecule has 1 atom stereocenters. The number of rotatable bonds is 6. The molecule has 0 aromatic rings. The molecule has 0 aliphatic heterocycles. The largest absolute Gasteiger partial charge is 0.480 e. The molecule has 5 nitrogen and oxygen atoms in total. The number of amides is 1. The predicted octanol–water partition coefficient (Wildman–Crippen LogP) is -0.295. The van der Waals surface area contributed by atoms with Gasteiger partial charge in [0.2, 0.25) is 5.91 Å². The molecule has 0 aromatic heterocycles. The number of aliphatic carboxylic acids is 1. The van der Waals surface area contributed by atoms with E-state index in [1.807, 2.05) is 0 Å². The molecule has 1 amide bonds. The molecule has 14 heavy (non-hydrogen) atoms. The SMILES string of the molecule is N[C@@H](CCC(=O)NCC1CC1)C(=O)O. The first-order chi connectivity index (χ1) is 6.59. The lowest BCUT2D eigenvalue weighted by atomic mass is 10.1. The lowest BCUT2D eigenvalue weighted by Crippen LogP contribution is -2.33. The smallest absolute Gasteiger partial charge is 0.320 e. The monoisotopic (exact) mass is 200 g/mol. The Morgan fingerprint density at radius 3 is 2.64 bits per heavy atom. The molecule has 1 fully saturated rings. The Hall–Kier alpha value is -1.10. The fourth-order valence-corrected chi connectivity index (χ4v) is 1.08. The fourth-order valence-electron chi connectivity index (χ4n) is 1.08. The van der Waals surface area contributed by atoms with E-state index in [-0.39, 0.29) is 18.7 Å². The summed E-state index contributed by atoms with van der Waals surface area (Å²) >= 11 is 0. The second-order valence-electron chi connectivity index (χ2n) is 3.73. The molecule has 0 heterocycles. The predicted molar refractivity (Wildman–Crippen MR) is 50.6 cm³/mol. The van der Waals surface area contributed by atoms with Crippen LogP contribution in [0.1, 0.15) is 25.7 Å². The van der Waals surface area contributed by atoms with Crippen molar-refractivity contribution in [3.05, 3.63) is 0 Å². The quantitative estimate of drug-likeness (QED) is 0.549. The minimum atomic E-state index is -1.06. The van der Waals surface area contributed by atoms with E-state index in [2.05, 4.69) is 5.32 Å². The van der Waals surface area contributed by atoms with Gasteiger partial charge in [0.25, 0.3) is 0 Å². The molecule has 0 radical (unpaired) electrons. The molecule has 1 rings (SSSR count). The third kappa shape index (κ3) is 4.23. The summed E-state index contributed by atoms with van der Waals surface area (Å²) in [6.07, 6.45) is 2.77. The van der Waals surface area contributed by atoms with Crippen molar-refractivity contribution in [2.24, 2.45) is 11.7 Å². The minimum Gasteiger partial charge on any atom is -0.480 e. The van der Waals surface area contributed by atoms with E-state index >= 15 is 0 Å². The van der Waals surface area contributed by atoms with Crippen LogP contribution in [0.15, 0.2) is 0 Å². The van der Waals surface area contributed by atoms with Gasteiger partial charge in [0.15, 0.2) is 0 Å². The van der Waals surface area contributed by atoms with Crippen LogP contribution in [0.25, 0.3) is 0 Å². The third-order valence-electron chi connectivity index (χ3n) is 2.28. The summed E-state index contributed by atoms with van der Waals surface area (Å²) in [6.45, 7) is 0.723. The van der Waals surface area contributed by atoms with Gasteiger partial charge in [0.05, 0.1) is 0 Å². The van der Waals surface area contributed by atoms with Crippen LogP contribution in [0.5, 0.6) is 0 Å². The van der Waals surface area contributed by atoms with Gasteiger partial charge in [0, 0.05) is 13.0 Å². The summed E-state index contributed by atoms with van der Waals surface area (Å²) in [5.74, 6) is -0.513. The summed E-state index contributed by atoms with van der Waals surface area (Å²) in [6, 6.07) is -0.929. The maximum Gasteiger partial charge on any atom is 0.320 e. The Morgan fingerprint density at radius 2 is 2.14 bits per heavy atom. The highest BCUT2D eigenvalue weighted by Gasteiger charge is 2.21. The number of carboxylic acids is 1. The first-order valence-electron chi connectivity index (χ1n) is 4.84. The fraction of sp³-hybridized carbons (Fsp3) is 0.778. The molecule has 4 N–H and O–H groups in total. The van der Waals surface area contributed by atoms with Gasteiger partial charge in [-0.3, -0.25) is 9.59 Å². The lowest BCUT2D eigenvalue weighted by Gasteiger charge is -2.06. The number of nitrogens with two attached hydrogens (primary N) is 1. The van der Waals surface area contributed by atoms with E-state index in [1.165, 1.54) is 12.8 Å². The van der Waals surface area contributed by atoms with Crippen LogP contribution in [-0.4, -0.2) is 29.6 Å². The van der Waals surface area contributed by atoms with Crippen molar-refractivity contribution in [3.8, 4) is 0 Å². The molecule has 1 aliphatic carbocycles. The molecular weight excluding hydrogens is 184 g/mol. The Kier molecular flexibility index (Phi) is 3.88. The number of carbonyl (C=O) groups is 2. The van der Waals surface area contributed by atoms with Crippen LogP contribution >= 0.6 is 0 Å². The van der Waals surface area contributed by atoms with Crippen LogP contribution in [0, 0.1) is 5.92 Å². The summed E-state index contributed by atoms with van der Waals surface area (Å²) in [7, 11) is 0. The zero-order valence-corrected chi connectivity index (χ0v) is 8.03. The van der Waals surface area contributed by atoms with E-state index in [9.17, 15) is 9.59 Å². The summed E-state index contributed by atoms with van der Waals surface area (Å²) in [4.78, 5) is 21.5. The normalized spacial score (nSPS) is 17.5. The first-order valence-corrected chi connectivity index (χ1v) is 4.84. The summed E-state index contributed by atoms with van der Waals surface area (Å²) in [5.41, 5.74) is 5.25. The van der Waals surface area contributed by atoms with Crippen LogP contribution < -0.4 is 11.1 Å². The molecule has 5 heteroatoms. The molecule has 0 bridgehead atoms. The van der Waals surface area contributed by atoms with E-state index in [4.69, 9.17) is 10.8 Å². The molecule has 0 spiro atoms. The molecule has 1 aliphatic rings. The maximum absolute atomic E-state index is 11.1. The van der Waals surface area contributed by atoms with Crippen molar-refractivity contribution in [1.82, 2.24) is 5.32 Å². The highest BCUT2D eigenvalue weighted by atomic mass is 16.4. The van der Waals surface area contributed by atoms with Gasteiger partial charge in [-0.25, -0.2) is 0 Å². The highest BCUT2D eigenvalue weighted by Crippen LogP contribution is 2.27. The van der Waals surface area contributed by atoms with Gasteiger partial charge >= 0.3 is 5.97 Å². The standard InChI is InChI=1S/C9H16N2O3/c10-7(9(13)14)3-4-8(12)11-5-6-1-2-6/h6-7H,1-5,10H2,(H,11,12)(H,13,14)/t7-/m0/s1.